The number of nitrogens with zero attached hydrogens (tertiary/aromatic N) is 3. The van der Waals surface area contributed by atoms with Gasteiger partial charge >= 0.3 is 0 Å². The number of hydrazone groups is 2. The normalized spacial score (nSPS) is 15.5. The minimum Gasteiger partial charge on any atom is -0.277 e. The van der Waals surface area contributed by atoms with Gasteiger partial charge in [-0.1, -0.05) is 96.0 Å². The first-order valence-corrected chi connectivity index (χ1v) is 11.7. The highest BCUT2D eigenvalue weighted by molar-refractivity contribution is 6.36. The lowest BCUT2D eigenvalue weighted by Gasteiger charge is -2.24. The molecule has 0 aromatic heterocycles. The molecule has 1 aliphatic rings. The molecule has 0 bridgehead atoms. The average molecular weight is 485 g/mol. The van der Waals surface area contributed by atoms with Crippen LogP contribution in [0.5, 0.6) is 0 Å². The van der Waals surface area contributed by atoms with Gasteiger partial charge in [0, 0.05) is 11.4 Å². The summed E-state index contributed by atoms with van der Waals surface area (Å²) >= 11 is 12.1. The Morgan fingerprint density at radius 1 is 0.853 bits per heavy atom. The first-order valence-electron chi connectivity index (χ1n) is 11.0. The molecule has 168 valence electrons. The van der Waals surface area contributed by atoms with Crippen LogP contribution in [0.15, 0.2) is 113 Å². The lowest BCUT2D eigenvalue weighted by molar-refractivity contribution is 0.709. The van der Waals surface area contributed by atoms with Gasteiger partial charge in [-0.15, -0.1) is 0 Å². The third-order valence-electron chi connectivity index (χ3n) is 5.69. The monoisotopic (exact) mass is 484 g/mol. The van der Waals surface area contributed by atoms with Gasteiger partial charge in [-0.2, -0.15) is 10.2 Å². The largest absolute Gasteiger partial charge is 0.277 e. The van der Waals surface area contributed by atoms with Gasteiger partial charge in [0.25, 0.3) is 0 Å². The van der Waals surface area contributed by atoms with Crippen molar-refractivity contribution in [1.29, 1.82) is 0 Å². The van der Waals surface area contributed by atoms with E-state index in [4.69, 9.17) is 28.3 Å². The fraction of sp³-hybridized carbons (Fsp3) is 0.0714. The molecular weight excluding hydrogens is 463 g/mol. The number of rotatable bonds is 6. The highest BCUT2D eigenvalue weighted by Gasteiger charge is 2.29. The van der Waals surface area contributed by atoms with Crippen LogP contribution in [0.3, 0.4) is 0 Å². The zero-order valence-electron chi connectivity index (χ0n) is 18.3. The average Bonchev–Trinajstić information content (AvgIpc) is 3.32. The van der Waals surface area contributed by atoms with Crippen molar-refractivity contribution in [2.45, 2.75) is 12.5 Å². The number of halogens is 2. The summed E-state index contributed by atoms with van der Waals surface area (Å²) in [5, 5.41) is 12.5. The Labute approximate surface area is 209 Å². The first-order chi connectivity index (χ1) is 16.7. The molecule has 0 saturated heterocycles. The van der Waals surface area contributed by atoms with Crippen molar-refractivity contribution in [2.24, 2.45) is 10.2 Å². The number of hydrogen-bond acceptors (Lipinski definition) is 4. The molecule has 0 saturated carbocycles. The lowest BCUT2D eigenvalue weighted by atomic mass is 9.98. The van der Waals surface area contributed by atoms with Crippen LogP contribution in [-0.2, 0) is 0 Å². The second kappa shape index (κ2) is 10.1. The van der Waals surface area contributed by atoms with E-state index in [1.807, 2.05) is 24.3 Å². The van der Waals surface area contributed by atoms with Crippen molar-refractivity contribution in [1.82, 2.24) is 0 Å². The molecule has 0 radical (unpaired) electrons. The van der Waals surface area contributed by atoms with Gasteiger partial charge in [0.1, 0.15) is 0 Å². The van der Waals surface area contributed by atoms with E-state index in [0.717, 1.165) is 28.9 Å². The van der Waals surface area contributed by atoms with E-state index in [0.29, 0.717) is 15.7 Å². The maximum atomic E-state index is 6.19. The third kappa shape index (κ3) is 4.98. The predicted molar refractivity (Wildman–Crippen MR) is 143 cm³/mol. The van der Waals surface area contributed by atoms with Crippen LogP contribution in [-0.4, -0.2) is 11.9 Å². The predicted octanol–water partition coefficient (Wildman–Crippen LogP) is 7.80. The SMILES string of the molecule is Clc1ccc(NN=Cc2ccc(N3N=C(c4ccccc4)CC3c3ccccc3)cc2)c(Cl)c1. The Bertz CT molecular complexity index is 1320. The van der Waals surface area contributed by atoms with E-state index in [-0.39, 0.29) is 6.04 Å². The maximum absolute atomic E-state index is 6.19. The molecule has 0 spiro atoms. The van der Waals surface area contributed by atoms with Gasteiger partial charge < -0.3 is 0 Å². The van der Waals surface area contributed by atoms with E-state index in [2.05, 4.69) is 76.2 Å². The second-order valence-corrected chi connectivity index (χ2v) is 8.82. The van der Waals surface area contributed by atoms with Crippen molar-refractivity contribution in [3.63, 3.8) is 0 Å². The van der Waals surface area contributed by atoms with Crippen molar-refractivity contribution in [3.8, 4) is 0 Å². The van der Waals surface area contributed by atoms with Crippen LogP contribution in [0, 0.1) is 0 Å². The van der Waals surface area contributed by atoms with Gasteiger partial charge in [-0.3, -0.25) is 10.4 Å². The van der Waals surface area contributed by atoms with E-state index < -0.39 is 0 Å². The summed E-state index contributed by atoms with van der Waals surface area (Å²) in [4.78, 5) is 0. The molecular formula is C28H22Cl2N4. The maximum Gasteiger partial charge on any atom is 0.0831 e. The summed E-state index contributed by atoms with van der Waals surface area (Å²) in [6.45, 7) is 0. The lowest BCUT2D eigenvalue weighted by Crippen LogP contribution is -2.18. The highest BCUT2D eigenvalue weighted by Crippen LogP contribution is 2.36. The smallest absolute Gasteiger partial charge is 0.0831 e. The Balaban J connectivity index is 1.37. The van der Waals surface area contributed by atoms with Gasteiger partial charge in [-0.25, -0.2) is 0 Å². The minimum atomic E-state index is 0.143. The molecule has 1 aliphatic heterocycles. The van der Waals surface area contributed by atoms with Crippen LogP contribution in [0.4, 0.5) is 11.4 Å². The molecule has 4 aromatic carbocycles. The molecule has 4 aromatic rings. The van der Waals surface area contributed by atoms with Gasteiger partial charge in [0.05, 0.1) is 34.4 Å². The third-order valence-corrected chi connectivity index (χ3v) is 6.24. The molecule has 4 nitrogen and oxygen atoms in total. The quantitative estimate of drug-likeness (QED) is 0.224. The van der Waals surface area contributed by atoms with Crippen molar-refractivity contribution >= 4 is 46.5 Å². The molecule has 6 heteroatoms. The molecule has 0 fully saturated rings. The molecule has 0 aliphatic carbocycles. The summed E-state index contributed by atoms with van der Waals surface area (Å²) in [5.74, 6) is 0. The Kier molecular flexibility index (Phi) is 6.61. The zero-order valence-corrected chi connectivity index (χ0v) is 19.8. The van der Waals surface area contributed by atoms with Crippen LogP contribution >= 0.6 is 23.2 Å². The van der Waals surface area contributed by atoms with Crippen LogP contribution in [0.25, 0.3) is 0 Å². The Morgan fingerprint density at radius 2 is 1.56 bits per heavy atom. The van der Waals surface area contributed by atoms with Gasteiger partial charge in [0.2, 0.25) is 0 Å². The fourth-order valence-electron chi connectivity index (χ4n) is 3.96. The number of hydrogen-bond donors (Lipinski definition) is 1. The first kappa shape index (κ1) is 22.2. The summed E-state index contributed by atoms with van der Waals surface area (Å²) in [7, 11) is 0. The zero-order chi connectivity index (χ0) is 23.3. The summed E-state index contributed by atoms with van der Waals surface area (Å²) in [6, 6.07) is 34.5. The van der Waals surface area contributed by atoms with Crippen LogP contribution in [0.2, 0.25) is 10.0 Å². The molecule has 1 N–H and O–H groups in total. The number of benzene rings is 4. The standard InChI is InChI=1S/C28H22Cl2N4/c29-23-13-16-26(25(30)17-23)32-31-19-20-11-14-24(15-12-20)34-28(22-9-5-2-6-10-22)18-27(33-34)21-7-3-1-4-8-21/h1-17,19,28,32H,18H2. The number of anilines is 2. The van der Waals surface area contributed by atoms with E-state index >= 15 is 0 Å². The minimum absolute atomic E-state index is 0.143. The van der Waals surface area contributed by atoms with Crippen molar-refractivity contribution < 1.29 is 0 Å². The van der Waals surface area contributed by atoms with Gasteiger partial charge in [0.15, 0.2) is 0 Å². The topological polar surface area (TPSA) is 40.0 Å². The van der Waals surface area contributed by atoms with Crippen LogP contribution < -0.4 is 10.4 Å². The summed E-state index contributed by atoms with van der Waals surface area (Å²) in [6.07, 6.45) is 2.61. The fourth-order valence-corrected chi connectivity index (χ4v) is 4.41. The second-order valence-electron chi connectivity index (χ2n) is 7.97. The van der Waals surface area contributed by atoms with Crippen LogP contribution in [0.1, 0.15) is 29.2 Å². The summed E-state index contributed by atoms with van der Waals surface area (Å²) in [5.41, 5.74) is 9.14. The highest BCUT2D eigenvalue weighted by atomic mass is 35.5. The van der Waals surface area contributed by atoms with E-state index in [1.54, 1.807) is 24.4 Å². The van der Waals surface area contributed by atoms with Crippen molar-refractivity contribution in [3.05, 3.63) is 130 Å². The molecule has 1 unspecified atom stereocenters. The van der Waals surface area contributed by atoms with Gasteiger partial charge in [-0.05, 0) is 47.0 Å². The molecule has 5 rings (SSSR count). The molecule has 1 heterocycles. The molecule has 34 heavy (non-hydrogen) atoms. The Morgan fingerprint density at radius 3 is 2.26 bits per heavy atom. The molecule has 1 atom stereocenters. The molecule has 0 amide bonds. The van der Waals surface area contributed by atoms with E-state index in [9.17, 15) is 0 Å². The Hall–Kier alpha value is -3.60. The van der Waals surface area contributed by atoms with E-state index in [1.165, 1.54) is 5.56 Å². The number of nitrogens with one attached hydrogen (secondary N) is 1. The van der Waals surface area contributed by atoms with Crippen molar-refractivity contribution in [2.75, 3.05) is 10.4 Å². The summed E-state index contributed by atoms with van der Waals surface area (Å²) < 4.78 is 0.